The number of hydrogen-bond donors (Lipinski definition) is 0. The molecule has 1 aliphatic heterocycles. The third kappa shape index (κ3) is 1.90. The first-order valence-electron chi connectivity index (χ1n) is 6.48. The standard InChI is InChI=1S/C13H18FN3/c1-2-10-11(14)12(16-9-15-10)17-7-3-4-13(8-17)5-6-13/h9H,2-8H2,1H3. The van der Waals surface area contributed by atoms with E-state index in [1.54, 1.807) is 0 Å². The van der Waals surface area contributed by atoms with Crippen molar-refractivity contribution in [3.05, 3.63) is 17.8 Å². The first-order chi connectivity index (χ1) is 8.24. The van der Waals surface area contributed by atoms with Gasteiger partial charge >= 0.3 is 0 Å². The fraction of sp³-hybridized carbons (Fsp3) is 0.692. The SMILES string of the molecule is CCc1ncnc(N2CCCC3(CC3)C2)c1F. The van der Waals surface area contributed by atoms with Gasteiger partial charge in [0.25, 0.3) is 0 Å². The molecule has 0 aromatic carbocycles. The third-order valence-electron chi connectivity index (χ3n) is 4.10. The van der Waals surface area contributed by atoms with Crippen LogP contribution in [0.15, 0.2) is 6.33 Å². The van der Waals surface area contributed by atoms with E-state index in [1.807, 2.05) is 6.92 Å². The number of aromatic nitrogens is 2. The topological polar surface area (TPSA) is 29.0 Å². The number of hydrogen-bond acceptors (Lipinski definition) is 3. The summed E-state index contributed by atoms with van der Waals surface area (Å²) in [4.78, 5) is 10.3. The Morgan fingerprint density at radius 1 is 1.35 bits per heavy atom. The minimum atomic E-state index is -0.215. The minimum Gasteiger partial charge on any atom is -0.354 e. The van der Waals surface area contributed by atoms with Crippen molar-refractivity contribution in [1.29, 1.82) is 0 Å². The molecule has 1 saturated carbocycles. The molecule has 1 aliphatic carbocycles. The van der Waals surface area contributed by atoms with E-state index in [2.05, 4.69) is 14.9 Å². The molecule has 92 valence electrons. The molecule has 0 bridgehead atoms. The number of anilines is 1. The average Bonchev–Trinajstić information content (AvgIpc) is 3.09. The maximum Gasteiger partial charge on any atom is 0.187 e. The Kier molecular flexibility index (Phi) is 2.53. The Morgan fingerprint density at radius 2 is 2.18 bits per heavy atom. The Balaban J connectivity index is 1.88. The molecule has 1 saturated heterocycles. The highest BCUT2D eigenvalue weighted by Crippen LogP contribution is 2.52. The van der Waals surface area contributed by atoms with Gasteiger partial charge in [0.05, 0.1) is 5.69 Å². The van der Waals surface area contributed by atoms with E-state index in [4.69, 9.17) is 0 Å². The molecule has 1 aromatic rings. The Labute approximate surface area is 101 Å². The summed E-state index contributed by atoms with van der Waals surface area (Å²) in [6.45, 7) is 3.83. The molecule has 2 fully saturated rings. The summed E-state index contributed by atoms with van der Waals surface area (Å²) in [5, 5.41) is 0. The lowest BCUT2D eigenvalue weighted by Gasteiger charge is -2.34. The van der Waals surface area contributed by atoms with Gasteiger partial charge in [-0.15, -0.1) is 0 Å². The van der Waals surface area contributed by atoms with Crippen molar-refractivity contribution in [2.75, 3.05) is 18.0 Å². The van der Waals surface area contributed by atoms with Gasteiger partial charge in [0.2, 0.25) is 0 Å². The van der Waals surface area contributed by atoms with Gasteiger partial charge in [-0.1, -0.05) is 6.92 Å². The summed E-state index contributed by atoms with van der Waals surface area (Å²) >= 11 is 0. The maximum absolute atomic E-state index is 14.2. The first-order valence-corrected chi connectivity index (χ1v) is 6.48. The molecular formula is C13H18FN3. The molecule has 0 radical (unpaired) electrons. The first kappa shape index (κ1) is 10.9. The van der Waals surface area contributed by atoms with E-state index in [0.717, 1.165) is 19.5 Å². The van der Waals surface area contributed by atoms with Crippen LogP contribution in [0.3, 0.4) is 0 Å². The van der Waals surface area contributed by atoms with E-state index < -0.39 is 0 Å². The van der Waals surface area contributed by atoms with Gasteiger partial charge < -0.3 is 4.90 Å². The second-order valence-electron chi connectivity index (χ2n) is 5.34. The highest BCUT2D eigenvalue weighted by atomic mass is 19.1. The molecule has 1 spiro atoms. The van der Waals surface area contributed by atoms with Crippen LogP contribution in [0.2, 0.25) is 0 Å². The maximum atomic E-state index is 14.2. The highest BCUT2D eigenvalue weighted by molar-refractivity contribution is 5.42. The van der Waals surface area contributed by atoms with Crippen LogP contribution in [0.5, 0.6) is 0 Å². The van der Waals surface area contributed by atoms with Crippen molar-refractivity contribution >= 4 is 5.82 Å². The molecule has 0 N–H and O–H groups in total. The van der Waals surface area contributed by atoms with Crippen LogP contribution in [-0.2, 0) is 6.42 Å². The van der Waals surface area contributed by atoms with Gasteiger partial charge in [-0.05, 0) is 37.5 Å². The molecule has 0 unspecified atom stereocenters. The van der Waals surface area contributed by atoms with E-state index in [1.165, 1.54) is 25.6 Å². The molecular weight excluding hydrogens is 217 g/mol. The lowest BCUT2D eigenvalue weighted by atomic mass is 9.95. The van der Waals surface area contributed by atoms with Crippen LogP contribution in [0, 0.1) is 11.2 Å². The predicted molar refractivity (Wildman–Crippen MR) is 64.5 cm³/mol. The van der Waals surface area contributed by atoms with Gasteiger partial charge in [0.1, 0.15) is 6.33 Å². The Morgan fingerprint density at radius 3 is 2.88 bits per heavy atom. The van der Waals surface area contributed by atoms with E-state index >= 15 is 0 Å². The fourth-order valence-electron chi connectivity index (χ4n) is 2.84. The van der Waals surface area contributed by atoms with Crippen molar-refractivity contribution in [2.24, 2.45) is 5.41 Å². The fourth-order valence-corrected chi connectivity index (χ4v) is 2.84. The van der Waals surface area contributed by atoms with Crippen molar-refractivity contribution < 1.29 is 4.39 Å². The van der Waals surface area contributed by atoms with Crippen LogP contribution in [-0.4, -0.2) is 23.1 Å². The average molecular weight is 235 g/mol. The normalized spacial score (nSPS) is 21.9. The molecule has 4 heteroatoms. The summed E-state index contributed by atoms with van der Waals surface area (Å²) in [7, 11) is 0. The second-order valence-corrected chi connectivity index (χ2v) is 5.34. The van der Waals surface area contributed by atoms with Crippen LogP contribution in [0.1, 0.15) is 38.3 Å². The van der Waals surface area contributed by atoms with Crippen molar-refractivity contribution in [1.82, 2.24) is 9.97 Å². The highest BCUT2D eigenvalue weighted by Gasteiger charge is 2.46. The van der Waals surface area contributed by atoms with E-state index in [9.17, 15) is 4.39 Å². The lowest BCUT2D eigenvalue weighted by Crippen LogP contribution is -2.37. The van der Waals surface area contributed by atoms with Gasteiger partial charge in [-0.3, -0.25) is 0 Å². The van der Waals surface area contributed by atoms with Crippen molar-refractivity contribution in [2.45, 2.75) is 39.0 Å². The molecule has 2 heterocycles. The Hall–Kier alpha value is -1.19. The second kappa shape index (κ2) is 3.93. The number of nitrogens with zero attached hydrogens (tertiary/aromatic N) is 3. The molecule has 3 nitrogen and oxygen atoms in total. The number of halogens is 1. The third-order valence-corrected chi connectivity index (χ3v) is 4.10. The quantitative estimate of drug-likeness (QED) is 0.789. The molecule has 0 atom stereocenters. The summed E-state index contributed by atoms with van der Waals surface area (Å²) < 4.78 is 14.2. The molecule has 0 amide bonds. The lowest BCUT2D eigenvalue weighted by molar-refractivity contribution is 0.389. The summed E-state index contributed by atoms with van der Waals surface area (Å²) in [5.41, 5.74) is 1.02. The van der Waals surface area contributed by atoms with E-state index in [-0.39, 0.29) is 5.82 Å². The zero-order chi connectivity index (χ0) is 11.9. The van der Waals surface area contributed by atoms with Gasteiger partial charge in [-0.2, -0.15) is 0 Å². The van der Waals surface area contributed by atoms with Crippen LogP contribution in [0.25, 0.3) is 0 Å². The van der Waals surface area contributed by atoms with Crippen LogP contribution >= 0.6 is 0 Å². The number of aryl methyl sites for hydroxylation is 1. The van der Waals surface area contributed by atoms with Crippen molar-refractivity contribution in [3.63, 3.8) is 0 Å². The largest absolute Gasteiger partial charge is 0.354 e. The van der Waals surface area contributed by atoms with Crippen molar-refractivity contribution in [3.8, 4) is 0 Å². The minimum absolute atomic E-state index is 0.215. The van der Waals surface area contributed by atoms with Gasteiger partial charge in [-0.25, -0.2) is 14.4 Å². The van der Waals surface area contributed by atoms with Crippen LogP contribution < -0.4 is 4.90 Å². The molecule has 2 aliphatic rings. The van der Waals surface area contributed by atoms with Crippen LogP contribution in [0.4, 0.5) is 10.2 Å². The number of rotatable bonds is 2. The summed E-state index contributed by atoms with van der Waals surface area (Å²) in [5.74, 6) is 0.301. The molecule has 3 rings (SSSR count). The molecule has 17 heavy (non-hydrogen) atoms. The zero-order valence-electron chi connectivity index (χ0n) is 10.2. The smallest absolute Gasteiger partial charge is 0.187 e. The summed E-state index contributed by atoms with van der Waals surface area (Å²) in [6.07, 6.45) is 7.18. The predicted octanol–water partition coefficient (Wildman–Crippen LogP) is 2.56. The monoisotopic (exact) mass is 235 g/mol. The van der Waals surface area contributed by atoms with Gasteiger partial charge in [0, 0.05) is 13.1 Å². The summed E-state index contributed by atoms with van der Waals surface area (Å²) in [6, 6.07) is 0. The van der Waals surface area contributed by atoms with E-state index in [0.29, 0.717) is 23.3 Å². The zero-order valence-corrected chi connectivity index (χ0v) is 10.2. The van der Waals surface area contributed by atoms with Gasteiger partial charge in [0.15, 0.2) is 11.6 Å². The number of piperidine rings is 1. The molecule has 1 aromatic heterocycles. The Bertz CT molecular complexity index is 429.